The maximum Gasteiger partial charge on any atom is 0.344 e. The molecule has 2 saturated heterocycles. The number of carboxylic acids is 1. The number of benzene rings is 1. The van der Waals surface area contributed by atoms with E-state index in [1.54, 1.807) is 10.6 Å². The Kier molecular flexibility index (Phi) is 7.61. The van der Waals surface area contributed by atoms with E-state index in [-0.39, 0.29) is 11.7 Å². The van der Waals surface area contributed by atoms with E-state index in [4.69, 9.17) is 15.7 Å². The Balaban J connectivity index is 1.35. The van der Waals surface area contributed by atoms with E-state index in [0.717, 1.165) is 37.5 Å². The number of primary amides is 1. The van der Waals surface area contributed by atoms with Crippen LogP contribution in [-0.4, -0.2) is 61.9 Å². The molecule has 3 heterocycles. The van der Waals surface area contributed by atoms with E-state index in [0.29, 0.717) is 29.2 Å². The molecule has 2 aliphatic heterocycles. The van der Waals surface area contributed by atoms with E-state index < -0.39 is 29.8 Å². The molecule has 4 atom stereocenters. The van der Waals surface area contributed by atoms with Gasteiger partial charge in [-0.1, -0.05) is 49.4 Å². The van der Waals surface area contributed by atoms with E-state index in [9.17, 15) is 14.4 Å². The Bertz CT molecular complexity index is 1340. The highest BCUT2D eigenvalue weighted by Gasteiger charge is 2.45. The number of aromatic nitrogens is 2. The molecule has 4 aliphatic rings. The number of aliphatic carboxylic acids is 1. The molecule has 2 saturated carbocycles. The van der Waals surface area contributed by atoms with E-state index in [1.807, 2.05) is 18.2 Å². The minimum Gasteiger partial charge on any atom is -0.479 e. The number of hydrogen-bond acceptors (Lipinski definition) is 7. The van der Waals surface area contributed by atoms with Crippen LogP contribution < -0.4 is 11.3 Å². The SMILES string of the molecule is NC(=O)C(=NOCC(=O)O)c1nc2ccccc2n(C2CC3CCCC(C2)N3C2CC3CCCCC(C3)C2)c1=O. The first-order valence-corrected chi connectivity index (χ1v) is 14.9. The maximum atomic E-state index is 14.0. The highest BCUT2D eigenvalue weighted by molar-refractivity contribution is 6.44. The van der Waals surface area contributed by atoms with Gasteiger partial charge in [-0.15, -0.1) is 0 Å². The van der Waals surface area contributed by atoms with Crippen molar-refractivity contribution in [2.75, 3.05) is 6.61 Å². The number of fused-ring (bicyclic) bond motifs is 5. The number of carboxylic acid groups (broad SMARTS) is 1. The van der Waals surface area contributed by atoms with Crippen LogP contribution in [0.1, 0.15) is 88.8 Å². The number of hydrogen-bond donors (Lipinski definition) is 2. The van der Waals surface area contributed by atoms with Crippen LogP contribution in [0.4, 0.5) is 0 Å². The van der Waals surface area contributed by atoms with Crippen molar-refractivity contribution in [1.29, 1.82) is 0 Å². The van der Waals surface area contributed by atoms with Crippen molar-refractivity contribution < 1.29 is 19.5 Å². The summed E-state index contributed by atoms with van der Waals surface area (Å²) in [5.74, 6) is -0.544. The lowest BCUT2D eigenvalue weighted by atomic mass is 9.73. The number of piperidine rings is 2. The third-order valence-electron chi connectivity index (χ3n) is 9.74. The summed E-state index contributed by atoms with van der Waals surface area (Å²) in [6.45, 7) is -0.761. The Labute approximate surface area is 233 Å². The molecule has 4 unspecified atom stereocenters. The van der Waals surface area contributed by atoms with Crippen molar-refractivity contribution in [2.24, 2.45) is 22.7 Å². The minimum atomic E-state index is -1.26. The monoisotopic (exact) mass is 549 g/mol. The second kappa shape index (κ2) is 11.3. The van der Waals surface area contributed by atoms with Gasteiger partial charge < -0.3 is 20.2 Å². The maximum absolute atomic E-state index is 14.0. The third kappa shape index (κ3) is 5.25. The Morgan fingerprint density at radius 1 is 0.925 bits per heavy atom. The Morgan fingerprint density at radius 3 is 2.25 bits per heavy atom. The smallest absolute Gasteiger partial charge is 0.344 e. The molecule has 3 N–H and O–H groups in total. The Hall–Kier alpha value is -3.27. The first kappa shape index (κ1) is 26.9. The number of rotatable bonds is 7. The number of oxime groups is 1. The molecule has 214 valence electrons. The van der Waals surface area contributed by atoms with E-state index in [2.05, 4.69) is 15.0 Å². The predicted octanol–water partition coefficient (Wildman–Crippen LogP) is 3.60. The Morgan fingerprint density at radius 2 is 1.60 bits per heavy atom. The van der Waals surface area contributed by atoms with E-state index in [1.165, 1.54) is 51.4 Å². The molecule has 40 heavy (non-hydrogen) atoms. The van der Waals surface area contributed by atoms with Crippen LogP contribution in [-0.2, 0) is 14.4 Å². The highest BCUT2D eigenvalue weighted by Crippen LogP contribution is 2.47. The molecule has 0 radical (unpaired) electrons. The standard InChI is InChI=1S/C30H39N5O5/c31-29(38)27(33-40-17-26(36)37)28-30(39)35(25-11-4-3-10-24(25)32-28)23-15-20-8-5-9-21(16-23)34(20)22-13-18-6-1-2-7-19(12-18)14-22/h3-4,10-11,18-23H,1-2,5-9,12-17H2,(H2,31,38)(H,36,37). The average Bonchev–Trinajstić information content (AvgIpc) is 3.09. The number of nitrogens with zero attached hydrogens (tertiary/aromatic N) is 4. The topological polar surface area (TPSA) is 140 Å². The zero-order valence-electron chi connectivity index (χ0n) is 22.9. The summed E-state index contributed by atoms with van der Waals surface area (Å²) >= 11 is 0. The van der Waals surface area contributed by atoms with Crippen LogP contribution in [0.15, 0.2) is 34.2 Å². The van der Waals surface area contributed by atoms with Gasteiger partial charge in [0.25, 0.3) is 11.5 Å². The predicted molar refractivity (Wildman–Crippen MR) is 150 cm³/mol. The molecular formula is C30H39N5O5. The first-order valence-electron chi connectivity index (χ1n) is 14.9. The lowest BCUT2D eigenvalue weighted by molar-refractivity contribution is -0.142. The van der Waals surface area contributed by atoms with Crippen LogP contribution in [0, 0.1) is 11.8 Å². The molecule has 1 aromatic heterocycles. The van der Waals surface area contributed by atoms with Crippen molar-refractivity contribution in [3.05, 3.63) is 40.3 Å². The van der Waals surface area contributed by atoms with Crippen LogP contribution in [0.5, 0.6) is 0 Å². The van der Waals surface area contributed by atoms with Gasteiger partial charge >= 0.3 is 5.97 Å². The van der Waals surface area contributed by atoms with Gasteiger partial charge in [0.05, 0.1) is 11.0 Å². The molecule has 1 amide bonds. The molecule has 2 aromatic rings. The largest absolute Gasteiger partial charge is 0.479 e. The molecule has 4 fully saturated rings. The summed E-state index contributed by atoms with van der Waals surface area (Å²) in [7, 11) is 0. The van der Waals surface area contributed by atoms with Crippen LogP contribution in [0.25, 0.3) is 11.0 Å². The third-order valence-corrected chi connectivity index (χ3v) is 9.74. The van der Waals surface area contributed by atoms with Crippen LogP contribution >= 0.6 is 0 Å². The number of nitrogens with two attached hydrogens (primary N) is 1. The van der Waals surface area contributed by atoms with Gasteiger partial charge in [0, 0.05) is 24.2 Å². The van der Waals surface area contributed by atoms with Gasteiger partial charge in [0.2, 0.25) is 6.61 Å². The van der Waals surface area contributed by atoms with Crippen LogP contribution in [0.2, 0.25) is 0 Å². The quantitative estimate of drug-likeness (QED) is 0.397. The molecule has 6 rings (SSSR count). The number of carbonyl (C=O) groups is 2. The zero-order chi connectivity index (χ0) is 27.8. The molecule has 10 heteroatoms. The van der Waals surface area contributed by atoms with Gasteiger partial charge in [-0.05, 0) is 68.9 Å². The molecule has 1 aromatic carbocycles. The van der Waals surface area contributed by atoms with Crippen LogP contribution in [0.3, 0.4) is 0 Å². The van der Waals surface area contributed by atoms with Gasteiger partial charge in [-0.3, -0.25) is 14.5 Å². The molecule has 10 nitrogen and oxygen atoms in total. The van der Waals surface area contributed by atoms with Gasteiger partial charge in [0.1, 0.15) is 0 Å². The summed E-state index contributed by atoms with van der Waals surface area (Å²) in [6.07, 6.45) is 14.8. The molecular weight excluding hydrogens is 510 g/mol. The van der Waals surface area contributed by atoms with Gasteiger partial charge in [0.15, 0.2) is 11.4 Å². The summed E-state index contributed by atoms with van der Waals surface area (Å²) in [5, 5.41) is 12.5. The minimum absolute atomic E-state index is 0.0503. The summed E-state index contributed by atoms with van der Waals surface area (Å²) < 4.78 is 1.79. The summed E-state index contributed by atoms with van der Waals surface area (Å²) in [5.41, 5.74) is 5.70. The lowest BCUT2D eigenvalue weighted by Crippen LogP contribution is -2.58. The molecule has 0 spiro atoms. The van der Waals surface area contributed by atoms with Crippen molar-refractivity contribution in [3.63, 3.8) is 0 Å². The fraction of sp³-hybridized carbons (Fsp3) is 0.633. The van der Waals surface area contributed by atoms with Crippen molar-refractivity contribution >= 4 is 28.6 Å². The number of para-hydroxylation sites is 2. The van der Waals surface area contributed by atoms with Gasteiger partial charge in [-0.25, -0.2) is 9.78 Å². The molecule has 4 bridgehead atoms. The normalized spacial score (nSPS) is 30.9. The fourth-order valence-electron chi connectivity index (χ4n) is 8.33. The van der Waals surface area contributed by atoms with Crippen molar-refractivity contribution in [3.8, 4) is 0 Å². The average molecular weight is 550 g/mol. The molecule has 2 aliphatic carbocycles. The second-order valence-corrected chi connectivity index (χ2v) is 12.3. The van der Waals surface area contributed by atoms with Crippen molar-refractivity contribution in [1.82, 2.24) is 14.5 Å². The number of amides is 1. The summed E-state index contributed by atoms with van der Waals surface area (Å²) in [4.78, 5) is 49.3. The summed E-state index contributed by atoms with van der Waals surface area (Å²) in [6, 6.07) is 8.84. The second-order valence-electron chi connectivity index (χ2n) is 12.3. The number of carbonyl (C=O) groups excluding carboxylic acids is 1. The lowest BCUT2D eigenvalue weighted by Gasteiger charge is -2.54. The fourth-order valence-corrected chi connectivity index (χ4v) is 8.33. The van der Waals surface area contributed by atoms with Crippen molar-refractivity contribution in [2.45, 2.75) is 101 Å². The first-order chi connectivity index (χ1) is 19.4. The van der Waals surface area contributed by atoms with E-state index >= 15 is 0 Å². The van der Waals surface area contributed by atoms with Gasteiger partial charge in [-0.2, -0.15) is 0 Å². The zero-order valence-corrected chi connectivity index (χ0v) is 22.9. The highest BCUT2D eigenvalue weighted by atomic mass is 16.6.